The van der Waals surface area contributed by atoms with E-state index in [4.69, 9.17) is 0 Å². The zero-order chi connectivity index (χ0) is 18.3. The number of hydrogen-bond acceptors (Lipinski definition) is 5. The molecule has 0 saturated carbocycles. The number of rotatable bonds is 3. The number of amides is 1. The smallest absolute Gasteiger partial charge is 0.270 e. The number of nitrogens with zero attached hydrogens (tertiary/aromatic N) is 7. The summed E-state index contributed by atoms with van der Waals surface area (Å²) in [6.45, 7) is 7.60. The summed E-state index contributed by atoms with van der Waals surface area (Å²) >= 11 is 3.46. The Kier molecular flexibility index (Phi) is 4.39. The Balaban J connectivity index is 1.52. The van der Waals surface area contributed by atoms with Gasteiger partial charge in [0.2, 0.25) is 0 Å². The standard InChI is InChI=1S/C17H20BrN7O/c1-3-22-10-13(18)9-14(22)16(26)24-6-4-23(5-7-24)15-8-12(2)21-17-19-11-20-25(15)17/h8-11H,3-7H2,1-2H3. The quantitative estimate of drug-likeness (QED) is 0.651. The number of aromatic nitrogens is 5. The van der Waals surface area contributed by atoms with Crippen molar-refractivity contribution < 1.29 is 4.79 Å². The van der Waals surface area contributed by atoms with Crippen molar-refractivity contribution in [2.45, 2.75) is 20.4 Å². The van der Waals surface area contributed by atoms with E-state index in [1.54, 1.807) is 4.52 Å². The summed E-state index contributed by atoms with van der Waals surface area (Å²) in [6.07, 6.45) is 3.46. The van der Waals surface area contributed by atoms with Crippen molar-refractivity contribution in [1.29, 1.82) is 0 Å². The van der Waals surface area contributed by atoms with Gasteiger partial charge in [0.05, 0.1) is 0 Å². The van der Waals surface area contributed by atoms with E-state index < -0.39 is 0 Å². The van der Waals surface area contributed by atoms with Crippen LogP contribution >= 0.6 is 15.9 Å². The minimum Gasteiger partial charge on any atom is -0.353 e. The molecule has 26 heavy (non-hydrogen) atoms. The lowest BCUT2D eigenvalue weighted by molar-refractivity contribution is 0.0735. The molecule has 136 valence electrons. The van der Waals surface area contributed by atoms with Gasteiger partial charge < -0.3 is 14.4 Å². The van der Waals surface area contributed by atoms with Gasteiger partial charge in [-0.05, 0) is 35.8 Å². The van der Waals surface area contributed by atoms with Crippen LogP contribution in [-0.2, 0) is 6.54 Å². The first-order valence-electron chi connectivity index (χ1n) is 8.64. The molecule has 0 unspecified atom stereocenters. The molecule has 0 atom stereocenters. The van der Waals surface area contributed by atoms with Crippen molar-refractivity contribution in [3.05, 3.63) is 40.5 Å². The second-order valence-electron chi connectivity index (χ2n) is 6.34. The van der Waals surface area contributed by atoms with Gasteiger partial charge in [0.25, 0.3) is 11.7 Å². The lowest BCUT2D eigenvalue weighted by Gasteiger charge is -2.36. The molecule has 1 fully saturated rings. The number of carbonyl (C=O) groups excluding carboxylic acids is 1. The third-order valence-electron chi connectivity index (χ3n) is 4.67. The second kappa shape index (κ2) is 6.71. The van der Waals surface area contributed by atoms with Crippen molar-refractivity contribution in [3.63, 3.8) is 0 Å². The van der Waals surface area contributed by atoms with E-state index in [0.29, 0.717) is 18.9 Å². The summed E-state index contributed by atoms with van der Waals surface area (Å²) < 4.78 is 4.66. The first-order chi connectivity index (χ1) is 12.6. The van der Waals surface area contributed by atoms with Crippen LogP contribution in [0.4, 0.5) is 5.82 Å². The molecule has 1 saturated heterocycles. The lowest BCUT2D eigenvalue weighted by Crippen LogP contribution is -2.49. The van der Waals surface area contributed by atoms with Gasteiger partial charge in [0.15, 0.2) is 0 Å². The molecule has 4 rings (SSSR count). The molecule has 0 radical (unpaired) electrons. The fourth-order valence-electron chi connectivity index (χ4n) is 3.35. The molecule has 0 aliphatic carbocycles. The van der Waals surface area contributed by atoms with Crippen LogP contribution in [0.25, 0.3) is 5.78 Å². The zero-order valence-corrected chi connectivity index (χ0v) is 16.3. The monoisotopic (exact) mass is 417 g/mol. The Bertz CT molecular complexity index is 955. The van der Waals surface area contributed by atoms with Crippen LogP contribution in [0.5, 0.6) is 0 Å². The van der Waals surface area contributed by atoms with E-state index >= 15 is 0 Å². The normalized spacial score (nSPS) is 15.0. The van der Waals surface area contributed by atoms with Crippen molar-refractivity contribution >= 4 is 33.4 Å². The van der Waals surface area contributed by atoms with Crippen molar-refractivity contribution in [3.8, 4) is 0 Å². The zero-order valence-electron chi connectivity index (χ0n) is 14.8. The molecule has 0 bridgehead atoms. The van der Waals surface area contributed by atoms with Crippen molar-refractivity contribution in [2.24, 2.45) is 0 Å². The lowest BCUT2D eigenvalue weighted by atomic mass is 10.2. The second-order valence-corrected chi connectivity index (χ2v) is 7.25. The molecule has 1 amide bonds. The average Bonchev–Trinajstić information content (AvgIpc) is 3.26. The molecule has 1 aliphatic rings. The van der Waals surface area contributed by atoms with Crippen molar-refractivity contribution in [2.75, 3.05) is 31.1 Å². The third-order valence-corrected chi connectivity index (χ3v) is 5.11. The largest absolute Gasteiger partial charge is 0.353 e. The van der Waals surface area contributed by atoms with Gasteiger partial charge in [-0.15, -0.1) is 0 Å². The Morgan fingerprint density at radius 3 is 2.73 bits per heavy atom. The van der Waals surface area contributed by atoms with E-state index in [2.05, 4.69) is 35.9 Å². The van der Waals surface area contributed by atoms with Gasteiger partial charge in [-0.2, -0.15) is 14.6 Å². The third kappa shape index (κ3) is 2.96. The highest BCUT2D eigenvalue weighted by molar-refractivity contribution is 9.10. The van der Waals surface area contributed by atoms with Crippen LogP contribution < -0.4 is 4.90 Å². The van der Waals surface area contributed by atoms with Gasteiger partial charge in [-0.1, -0.05) is 0 Å². The molecule has 0 aromatic carbocycles. The van der Waals surface area contributed by atoms with Crippen LogP contribution in [0.1, 0.15) is 23.1 Å². The number of anilines is 1. The number of piperazine rings is 1. The van der Waals surface area contributed by atoms with Crippen LogP contribution in [0, 0.1) is 6.92 Å². The fourth-order valence-corrected chi connectivity index (χ4v) is 3.82. The fraction of sp³-hybridized carbons (Fsp3) is 0.412. The summed E-state index contributed by atoms with van der Waals surface area (Å²) in [6, 6.07) is 3.90. The molecule has 8 nitrogen and oxygen atoms in total. The molecule has 9 heteroatoms. The number of fused-ring (bicyclic) bond motifs is 1. The number of halogens is 1. The Labute approximate surface area is 159 Å². The average molecular weight is 418 g/mol. The molecule has 4 heterocycles. The van der Waals surface area contributed by atoms with Crippen LogP contribution in [0.15, 0.2) is 29.1 Å². The molecule has 3 aromatic rings. The van der Waals surface area contributed by atoms with Crippen molar-refractivity contribution in [1.82, 2.24) is 29.0 Å². The van der Waals surface area contributed by atoms with Gasteiger partial charge in [0.1, 0.15) is 17.8 Å². The van der Waals surface area contributed by atoms with E-state index in [1.165, 1.54) is 6.33 Å². The Morgan fingerprint density at radius 2 is 2.00 bits per heavy atom. The van der Waals surface area contributed by atoms with E-state index in [-0.39, 0.29) is 5.91 Å². The van der Waals surface area contributed by atoms with Gasteiger partial charge >= 0.3 is 0 Å². The first-order valence-corrected chi connectivity index (χ1v) is 9.43. The minimum absolute atomic E-state index is 0.0778. The molecule has 0 N–H and O–H groups in total. The van der Waals surface area contributed by atoms with Gasteiger partial charge in [0, 0.05) is 55.2 Å². The summed E-state index contributed by atoms with van der Waals surface area (Å²) in [5, 5.41) is 4.27. The van der Waals surface area contributed by atoms with E-state index in [1.807, 2.05) is 41.6 Å². The number of aryl methyl sites for hydroxylation is 2. The van der Waals surface area contributed by atoms with E-state index in [9.17, 15) is 4.79 Å². The SMILES string of the molecule is CCn1cc(Br)cc1C(=O)N1CCN(c2cc(C)nc3ncnn23)CC1. The topological polar surface area (TPSA) is 71.6 Å². The van der Waals surface area contributed by atoms with Gasteiger partial charge in [-0.3, -0.25) is 4.79 Å². The highest BCUT2D eigenvalue weighted by Gasteiger charge is 2.25. The maximum atomic E-state index is 12.9. The highest BCUT2D eigenvalue weighted by atomic mass is 79.9. The van der Waals surface area contributed by atoms with Gasteiger partial charge in [-0.25, -0.2) is 4.98 Å². The van der Waals surface area contributed by atoms with E-state index in [0.717, 1.165) is 41.3 Å². The summed E-state index contributed by atoms with van der Waals surface area (Å²) in [5.41, 5.74) is 1.64. The predicted octanol–water partition coefficient (Wildman–Crippen LogP) is 1.98. The molecular weight excluding hydrogens is 398 g/mol. The first kappa shape index (κ1) is 17.0. The summed E-state index contributed by atoms with van der Waals surface area (Å²) in [5.74, 6) is 1.65. The molecule has 1 aliphatic heterocycles. The number of hydrogen-bond donors (Lipinski definition) is 0. The summed E-state index contributed by atoms with van der Waals surface area (Å²) in [4.78, 5) is 25.6. The Morgan fingerprint density at radius 1 is 1.23 bits per heavy atom. The summed E-state index contributed by atoms with van der Waals surface area (Å²) in [7, 11) is 0. The van der Waals surface area contributed by atoms with Crippen LogP contribution in [0.2, 0.25) is 0 Å². The maximum Gasteiger partial charge on any atom is 0.270 e. The molecule has 3 aromatic heterocycles. The predicted molar refractivity (Wildman–Crippen MR) is 101 cm³/mol. The highest BCUT2D eigenvalue weighted by Crippen LogP contribution is 2.20. The van der Waals surface area contributed by atoms with Crippen LogP contribution in [0.3, 0.4) is 0 Å². The maximum absolute atomic E-state index is 12.9. The van der Waals surface area contributed by atoms with Crippen LogP contribution in [-0.4, -0.2) is 61.1 Å². The number of carbonyl (C=O) groups is 1. The molecular formula is C17H20BrN7O. The Hall–Kier alpha value is -2.42. The minimum atomic E-state index is 0.0778. The molecule has 0 spiro atoms.